The number of benzene rings is 18. The second-order valence-corrected chi connectivity index (χ2v) is 26.9. The average molecular weight is 904 g/mol. The molecule has 0 saturated carbocycles. The molecule has 28 aromatic carbocycles. The average Bonchev–Trinajstić information content (AvgIpc) is 4.23. The van der Waals surface area contributed by atoms with Crippen molar-refractivity contribution >= 4 is 308 Å². The SMILES string of the molecule is COC(=O)[C@@H]1N[C@@H](c2cccs2)C23c4c5c6c7c8c9c(c%10c%11c2c2c4c4c%12c5c5c6c6c8c8c%13c9c9c%10c%10c%11c%11c2c2c4c4c%12c%12c5c5c6c8c6c8c%13c9c9c%10c%10c%11c2c2c4c4c%12c5c6c5c8c9c%10c2c45)C713. The Morgan fingerprint density at radius 1 is 0.347 bits per heavy atom. The first kappa shape index (κ1) is 27.3. The number of hydrogen-bond acceptors (Lipinski definition) is 4. The van der Waals surface area contributed by atoms with E-state index in [1.807, 2.05) is 11.3 Å². The summed E-state index contributed by atoms with van der Waals surface area (Å²) in [6, 6.07) is 3.97. The lowest BCUT2D eigenvalue weighted by Crippen LogP contribution is -2.57. The van der Waals surface area contributed by atoms with Crippen LogP contribution in [0.5, 0.6) is 0 Å². The van der Waals surface area contributed by atoms with Crippen LogP contribution in [-0.4, -0.2) is 19.1 Å². The van der Waals surface area contributed by atoms with Gasteiger partial charge in [0, 0.05) is 4.88 Å². The molecule has 72 heavy (non-hydrogen) atoms. The zero-order chi connectivity index (χ0) is 43.0. The number of methoxy groups -OCH3 is 1. The van der Waals surface area contributed by atoms with Crippen molar-refractivity contribution in [2.75, 3.05) is 7.11 Å². The quantitative estimate of drug-likeness (QED) is 0.139. The molecule has 1 N–H and O–H groups in total. The fourth-order valence-electron chi connectivity index (χ4n) is 25.9. The molecule has 2 atom stereocenters. The molecule has 4 aliphatic carbocycles. The summed E-state index contributed by atoms with van der Waals surface area (Å²) in [5, 5.41) is 92.1. The van der Waals surface area contributed by atoms with Crippen LogP contribution in [-0.2, 0) is 20.4 Å². The minimum atomic E-state index is -0.750. The summed E-state index contributed by atoms with van der Waals surface area (Å²) < 4.78 is 6.35. The van der Waals surface area contributed by atoms with Gasteiger partial charge in [-0.2, -0.15) is 0 Å². The lowest BCUT2D eigenvalue weighted by Gasteiger charge is -2.52. The van der Waals surface area contributed by atoms with Gasteiger partial charge in [-0.15, -0.1) is 11.3 Å². The van der Waals surface area contributed by atoms with E-state index in [1.54, 1.807) is 288 Å². The summed E-state index contributed by atoms with van der Waals surface area (Å²) in [6.07, 6.45) is 0. The van der Waals surface area contributed by atoms with E-state index in [9.17, 15) is 0 Å². The van der Waals surface area contributed by atoms with Crippen molar-refractivity contribution in [2.24, 2.45) is 0 Å². The molecular formula is C68H9NO2S. The number of ether oxygens (including phenoxy) is 1. The third-order valence-electron chi connectivity index (χ3n) is 25.9. The number of esters is 1. The zero-order valence-corrected chi connectivity index (χ0v) is 37.4. The van der Waals surface area contributed by atoms with Gasteiger partial charge in [0.25, 0.3) is 0 Å². The van der Waals surface area contributed by atoms with Crippen molar-refractivity contribution in [1.82, 2.24) is 5.32 Å². The largest absolute Gasteiger partial charge is 0.468 e. The second-order valence-electron chi connectivity index (χ2n) is 25.9. The number of carbonyl (C=O) groups is 1. The van der Waals surface area contributed by atoms with Crippen LogP contribution in [0.1, 0.15) is 33.2 Å². The molecule has 29 aromatic rings. The topological polar surface area (TPSA) is 38.3 Å². The number of rotatable bonds is 2. The van der Waals surface area contributed by atoms with Crippen LogP contribution in [0.4, 0.5) is 0 Å². The van der Waals surface area contributed by atoms with Gasteiger partial charge >= 0.3 is 5.97 Å². The minimum absolute atomic E-state index is 0.106. The van der Waals surface area contributed by atoms with E-state index in [0.717, 1.165) is 0 Å². The molecule has 1 aromatic heterocycles. The Morgan fingerprint density at radius 2 is 0.556 bits per heavy atom. The highest BCUT2D eigenvalue weighted by Gasteiger charge is 2.79. The zero-order valence-electron chi connectivity index (χ0n) is 36.6. The number of carbonyl (C=O) groups excluding carboxylic acids is 1. The minimum Gasteiger partial charge on any atom is -0.468 e. The molecule has 2 spiro atoms. The van der Waals surface area contributed by atoms with E-state index in [0.29, 0.717) is 0 Å². The Morgan fingerprint density at radius 3 is 0.750 bits per heavy atom. The molecule has 0 radical (unpaired) electrons. The van der Waals surface area contributed by atoms with Gasteiger partial charge in [-0.05, 0) is 325 Å². The summed E-state index contributed by atoms with van der Waals surface area (Å²) in [7, 11) is 1.68. The predicted molar refractivity (Wildman–Crippen MR) is 300 cm³/mol. The highest BCUT2D eigenvalue weighted by Crippen LogP contribution is 2.87. The molecule has 4 heteroatoms. The van der Waals surface area contributed by atoms with Crippen molar-refractivity contribution in [3.63, 3.8) is 0 Å². The number of nitrogens with one attached hydrogen (secondary N) is 1. The highest BCUT2D eigenvalue weighted by atomic mass is 32.1. The summed E-state index contributed by atoms with van der Waals surface area (Å²) >= 11 is 1.90. The Balaban J connectivity index is 1.18. The molecule has 0 amide bonds. The molecule has 1 saturated heterocycles. The van der Waals surface area contributed by atoms with Gasteiger partial charge < -0.3 is 4.74 Å². The molecule has 1 aliphatic heterocycles. The monoisotopic (exact) mass is 903 g/mol. The van der Waals surface area contributed by atoms with Crippen LogP contribution < -0.4 is 5.32 Å². The lowest BCUT2D eigenvalue weighted by molar-refractivity contribution is -0.144. The standard InChI is InChI=1S/C68H9NO2S/c1-71-66(70)65-68-62-56-46-36-26-18-10-7-6-8-12-14(10)22-28-20(12)30-24-16(8)17-9(6)13-15-11(7)19(18)27-33-23(15)29-21(13)31-25(17)35-34(24)44-38(30)48-42(28)50(40(46)32(22)26)58(62)54(48)60-52(44)53-45(35)39(31)49-43(29)51-41(33)47(37(27)36)57(56)63(68)59(51)55(49)61(53)67(60,68)64(69-65)5-3-2-4-72-5/h2-4,64-65,69H,1H3/t64-,65-,67?,68?/m0/s1. The first-order valence-corrected chi connectivity index (χ1v) is 27.3. The third-order valence-corrected chi connectivity index (χ3v) is 26.9. The number of thiophene rings is 1. The molecule has 5 aliphatic rings. The summed E-state index contributed by atoms with van der Waals surface area (Å²) in [6.45, 7) is 0. The smallest absolute Gasteiger partial charge is 0.324 e. The van der Waals surface area contributed by atoms with Crippen LogP contribution in [0, 0.1) is 0 Å². The molecule has 1 fully saturated rings. The Labute approximate surface area is 395 Å². The van der Waals surface area contributed by atoms with E-state index in [4.69, 9.17) is 4.74 Å². The summed E-state index contributed by atoms with van der Waals surface area (Å²) in [4.78, 5) is 17.3. The van der Waals surface area contributed by atoms with Gasteiger partial charge in [-0.1, -0.05) is 6.07 Å². The Bertz CT molecular complexity index is 7280. The third kappa shape index (κ3) is 1.43. The first-order valence-electron chi connectivity index (χ1n) is 26.4. The Kier molecular flexibility index (Phi) is 2.35. The fourth-order valence-corrected chi connectivity index (χ4v) is 26.8. The maximum Gasteiger partial charge on any atom is 0.324 e. The maximum atomic E-state index is 16.0. The van der Waals surface area contributed by atoms with Crippen LogP contribution >= 0.6 is 11.3 Å². The van der Waals surface area contributed by atoms with Gasteiger partial charge in [-0.3, -0.25) is 10.1 Å². The normalized spacial score (nSPS) is 24.3. The van der Waals surface area contributed by atoms with Crippen LogP contribution in [0.15, 0.2) is 17.5 Å². The van der Waals surface area contributed by atoms with Crippen molar-refractivity contribution in [3.05, 3.63) is 44.6 Å². The molecule has 3 nitrogen and oxygen atoms in total. The molecule has 0 unspecified atom stereocenters. The summed E-state index contributed by atoms with van der Waals surface area (Å²) in [5.41, 5.74) is 4.80. The van der Waals surface area contributed by atoms with E-state index < -0.39 is 16.9 Å². The predicted octanol–water partition coefficient (Wildman–Crippen LogP) is 17.2. The van der Waals surface area contributed by atoms with Crippen LogP contribution in [0.2, 0.25) is 0 Å². The van der Waals surface area contributed by atoms with Crippen molar-refractivity contribution in [3.8, 4) is 0 Å². The van der Waals surface area contributed by atoms with Gasteiger partial charge in [0.15, 0.2) is 0 Å². The Hall–Kier alpha value is -8.41. The van der Waals surface area contributed by atoms with E-state index >= 15 is 4.79 Å². The second kappa shape index (κ2) is 6.21. The molecule has 0 bridgehead atoms. The van der Waals surface area contributed by atoms with Crippen molar-refractivity contribution < 1.29 is 9.53 Å². The van der Waals surface area contributed by atoms with Gasteiger partial charge in [0.2, 0.25) is 0 Å². The van der Waals surface area contributed by atoms with Gasteiger partial charge in [0.05, 0.1) is 24.0 Å². The molecule has 34 rings (SSSR count). The van der Waals surface area contributed by atoms with Gasteiger partial charge in [-0.25, -0.2) is 0 Å². The van der Waals surface area contributed by atoms with Crippen LogP contribution in [0.3, 0.4) is 0 Å². The molecule has 2 heterocycles. The highest BCUT2D eigenvalue weighted by molar-refractivity contribution is 7.10. The van der Waals surface area contributed by atoms with Crippen molar-refractivity contribution in [1.29, 1.82) is 0 Å². The number of hydrogen-bond donors (Lipinski definition) is 1. The molecular weight excluding hydrogens is 895 g/mol. The van der Waals surface area contributed by atoms with Gasteiger partial charge in [0.1, 0.15) is 6.04 Å². The first-order chi connectivity index (χ1) is 35.8. The van der Waals surface area contributed by atoms with Crippen LogP contribution in [0.25, 0.3) is 291 Å². The van der Waals surface area contributed by atoms with Crippen molar-refractivity contribution in [2.45, 2.75) is 22.9 Å². The van der Waals surface area contributed by atoms with E-state index in [2.05, 4.69) is 22.8 Å². The lowest BCUT2D eigenvalue weighted by atomic mass is 9.46. The van der Waals surface area contributed by atoms with E-state index in [1.165, 1.54) is 37.5 Å². The fraction of sp³-hybridized carbons (Fsp3) is 0.0735. The maximum absolute atomic E-state index is 16.0. The van der Waals surface area contributed by atoms with E-state index in [-0.39, 0.29) is 12.0 Å². The summed E-state index contributed by atoms with van der Waals surface area (Å²) in [5.74, 6) is -0.106. The molecule has 304 valence electrons.